The molecule has 0 bridgehead atoms. The summed E-state index contributed by atoms with van der Waals surface area (Å²) in [7, 11) is 0. The van der Waals surface area contributed by atoms with Crippen molar-refractivity contribution in [3.05, 3.63) is 30.1 Å². The topological polar surface area (TPSA) is 12.9 Å². The molecule has 1 aromatic heterocycles. The normalized spacial score (nSPS) is 7.00. The second kappa shape index (κ2) is 4.24. The van der Waals surface area contributed by atoms with Crippen molar-refractivity contribution in [1.29, 1.82) is 0 Å². The molecule has 0 saturated heterocycles. The summed E-state index contributed by atoms with van der Waals surface area (Å²) in [5.41, 5.74) is 0.688. The molecule has 1 rings (SSSR count). The number of terminal acetylenes is 1. The zero-order chi connectivity index (χ0) is 5.82. The monoisotopic (exact) mass is 205 g/mol. The van der Waals surface area contributed by atoms with Crippen molar-refractivity contribution in [2.45, 2.75) is 0 Å². The van der Waals surface area contributed by atoms with E-state index in [1.807, 2.05) is 12.1 Å². The minimum Gasteiger partial charge on any atom is -0.248 e. The zero-order valence-corrected chi connectivity index (χ0v) is 6.43. The molecule has 0 aliphatic heterocycles. The molecule has 0 aliphatic carbocycles. The van der Waals surface area contributed by atoms with Crippen LogP contribution < -0.4 is 0 Å². The van der Waals surface area contributed by atoms with Crippen LogP contribution in [0.1, 0.15) is 5.69 Å². The fourth-order valence-corrected chi connectivity index (χ4v) is 0.448. The van der Waals surface area contributed by atoms with Gasteiger partial charge in [0.1, 0.15) is 5.69 Å². The van der Waals surface area contributed by atoms with Crippen molar-refractivity contribution in [2.24, 2.45) is 0 Å². The zero-order valence-electron chi connectivity index (χ0n) is 4.69. The minimum atomic E-state index is 0. The first kappa shape index (κ1) is 8.33. The van der Waals surface area contributed by atoms with Gasteiger partial charge in [0.2, 0.25) is 0 Å². The third kappa shape index (κ3) is 2.39. The predicted octanol–water partition coefficient (Wildman–Crippen LogP) is 1.06. The minimum absolute atomic E-state index is 0. The van der Waals surface area contributed by atoms with E-state index in [0.29, 0.717) is 5.69 Å². The number of pyridine rings is 1. The number of nitrogens with zero attached hydrogens (tertiary/aromatic N) is 1. The van der Waals surface area contributed by atoms with Gasteiger partial charge in [-0.2, -0.15) is 0 Å². The van der Waals surface area contributed by atoms with Crippen LogP contribution in [0.4, 0.5) is 0 Å². The molecule has 0 saturated carbocycles. The molecule has 46 valence electrons. The van der Waals surface area contributed by atoms with Gasteiger partial charge in [-0.05, 0) is 12.1 Å². The van der Waals surface area contributed by atoms with Gasteiger partial charge in [-0.15, -0.1) is 6.42 Å². The van der Waals surface area contributed by atoms with Crippen molar-refractivity contribution < 1.29 is 19.5 Å². The Morgan fingerprint density at radius 2 is 2.22 bits per heavy atom. The second-order valence-electron chi connectivity index (χ2n) is 1.36. The standard InChI is InChI=1S/C7H5N.Ru/c1-2-7-5-3-4-6-8-7;/h1,3-6H;. The van der Waals surface area contributed by atoms with E-state index in [-0.39, 0.29) is 19.5 Å². The van der Waals surface area contributed by atoms with Crippen molar-refractivity contribution in [3.63, 3.8) is 0 Å². The molecular formula is C7H5NRu. The number of hydrogen-bond donors (Lipinski definition) is 0. The maximum Gasteiger partial charge on any atom is 0.112 e. The third-order valence-electron chi connectivity index (χ3n) is 0.813. The molecule has 1 aromatic rings. The van der Waals surface area contributed by atoms with E-state index >= 15 is 0 Å². The van der Waals surface area contributed by atoms with Crippen LogP contribution in [0.15, 0.2) is 24.4 Å². The maximum absolute atomic E-state index is 5.04. The predicted molar refractivity (Wildman–Crippen MR) is 32.2 cm³/mol. The molecule has 2 heteroatoms. The van der Waals surface area contributed by atoms with Crippen molar-refractivity contribution >= 4 is 0 Å². The summed E-state index contributed by atoms with van der Waals surface area (Å²) >= 11 is 0. The summed E-state index contributed by atoms with van der Waals surface area (Å²) in [6, 6.07) is 5.49. The van der Waals surface area contributed by atoms with E-state index < -0.39 is 0 Å². The molecule has 0 aliphatic rings. The Morgan fingerprint density at radius 1 is 1.44 bits per heavy atom. The molecule has 0 spiro atoms. The fraction of sp³-hybridized carbons (Fsp3) is 0. The molecule has 1 nitrogen and oxygen atoms in total. The van der Waals surface area contributed by atoms with Crippen LogP contribution in [0.2, 0.25) is 0 Å². The average Bonchev–Trinajstić information content (AvgIpc) is 1.90. The molecule has 9 heavy (non-hydrogen) atoms. The second-order valence-corrected chi connectivity index (χ2v) is 1.36. The Balaban J connectivity index is 0.000000640. The number of aromatic nitrogens is 1. The maximum atomic E-state index is 5.04. The first-order valence-electron chi connectivity index (χ1n) is 2.31. The SMILES string of the molecule is C#Cc1ccccn1.[Ru]. The van der Waals surface area contributed by atoms with Gasteiger partial charge in [0.25, 0.3) is 0 Å². The van der Waals surface area contributed by atoms with Crippen LogP contribution >= 0.6 is 0 Å². The van der Waals surface area contributed by atoms with Gasteiger partial charge < -0.3 is 0 Å². The van der Waals surface area contributed by atoms with Gasteiger partial charge in [-0.3, -0.25) is 0 Å². The summed E-state index contributed by atoms with van der Waals surface area (Å²) in [6.07, 6.45) is 6.71. The van der Waals surface area contributed by atoms with E-state index in [9.17, 15) is 0 Å². The van der Waals surface area contributed by atoms with E-state index in [1.165, 1.54) is 0 Å². The smallest absolute Gasteiger partial charge is 0.112 e. The van der Waals surface area contributed by atoms with E-state index in [0.717, 1.165) is 0 Å². The Morgan fingerprint density at radius 3 is 2.56 bits per heavy atom. The number of hydrogen-bond acceptors (Lipinski definition) is 1. The van der Waals surface area contributed by atoms with Crippen LogP contribution in [0.25, 0.3) is 0 Å². The molecule has 0 aromatic carbocycles. The Kier molecular flexibility index (Phi) is 3.92. The quantitative estimate of drug-likeness (QED) is 0.455. The van der Waals surface area contributed by atoms with E-state index in [1.54, 1.807) is 12.3 Å². The van der Waals surface area contributed by atoms with Gasteiger partial charge in [-0.25, -0.2) is 4.98 Å². The summed E-state index contributed by atoms with van der Waals surface area (Å²) in [4.78, 5) is 3.86. The summed E-state index contributed by atoms with van der Waals surface area (Å²) in [5.74, 6) is 2.42. The van der Waals surface area contributed by atoms with Gasteiger partial charge >= 0.3 is 0 Å². The summed E-state index contributed by atoms with van der Waals surface area (Å²) in [5, 5.41) is 0. The first-order valence-corrected chi connectivity index (χ1v) is 2.31. The van der Waals surface area contributed by atoms with Crippen molar-refractivity contribution in [1.82, 2.24) is 4.98 Å². The Bertz CT molecular complexity index is 200. The van der Waals surface area contributed by atoms with Gasteiger partial charge in [0, 0.05) is 25.7 Å². The van der Waals surface area contributed by atoms with E-state index in [4.69, 9.17) is 6.42 Å². The van der Waals surface area contributed by atoms with Crippen LogP contribution in [0, 0.1) is 12.3 Å². The molecule has 0 atom stereocenters. The molecule has 0 unspecified atom stereocenters. The Hall–Kier alpha value is -0.667. The average molecular weight is 204 g/mol. The van der Waals surface area contributed by atoms with Crippen LogP contribution in [0.3, 0.4) is 0 Å². The van der Waals surface area contributed by atoms with Gasteiger partial charge in [0.15, 0.2) is 0 Å². The first-order chi connectivity index (χ1) is 3.93. The van der Waals surface area contributed by atoms with Crippen LogP contribution in [0.5, 0.6) is 0 Å². The fourth-order valence-electron chi connectivity index (χ4n) is 0.448. The summed E-state index contributed by atoms with van der Waals surface area (Å²) < 4.78 is 0. The third-order valence-corrected chi connectivity index (χ3v) is 0.813. The molecule has 0 N–H and O–H groups in total. The van der Waals surface area contributed by atoms with Crippen LogP contribution in [-0.4, -0.2) is 4.98 Å². The van der Waals surface area contributed by atoms with Gasteiger partial charge in [0.05, 0.1) is 0 Å². The molecule has 0 radical (unpaired) electrons. The molecule has 0 amide bonds. The molecule has 0 fully saturated rings. The number of rotatable bonds is 0. The van der Waals surface area contributed by atoms with Gasteiger partial charge in [-0.1, -0.05) is 12.0 Å². The Labute approximate surface area is 67.3 Å². The van der Waals surface area contributed by atoms with Crippen molar-refractivity contribution in [2.75, 3.05) is 0 Å². The van der Waals surface area contributed by atoms with Crippen LogP contribution in [-0.2, 0) is 19.5 Å². The summed E-state index contributed by atoms with van der Waals surface area (Å²) in [6.45, 7) is 0. The molecular weight excluding hydrogens is 199 g/mol. The van der Waals surface area contributed by atoms with Crippen molar-refractivity contribution in [3.8, 4) is 12.3 Å². The largest absolute Gasteiger partial charge is 0.248 e. The molecule has 1 heterocycles. The van der Waals surface area contributed by atoms with E-state index in [2.05, 4.69) is 10.9 Å².